The average molecular weight is 550 g/mol. The normalized spacial score (nSPS) is 12.5. The fraction of sp³-hybridized carbons (Fsp3) is 0.375. The lowest BCUT2D eigenvalue weighted by Gasteiger charge is -2.25. The topological polar surface area (TPSA) is 84.7 Å². The van der Waals surface area contributed by atoms with Gasteiger partial charge >= 0.3 is 5.97 Å². The number of carbonyl (C=O) groups excluding carboxylic acids is 2. The Labute approximate surface area is 237 Å². The molecule has 0 aliphatic heterocycles. The summed E-state index contributed by atoms with van der Waals surface area (Å²) in [5, 5.41) is 4.03. The fourth-order valence-corrected chi connectivity index (χ4v) is 4.65. The number of nitrogens with zero attached hydrogens (tertiary/aromatic N) is 1. The predicted octanol–water partition coefficient (Wildman–Crippen LogP) is 5.80. The van der Waals surface area contributed by atoms with E-state index in [1.54, 1.807) is 12.1 Å². The van der Waals surface area contributed by atoms with Crippen molar-refractivity contribution >= 4 is 23.5 Å². The quantitative estimate of drug-likeness (QED) is 0.248. The maximum atomic E-state index is 13.4. The third-order valence-electron chi connectivity index (χ3n) is 6.47. The number of rotatable bonds is 14. The molecule has 2 unspecified atom stereocenters. The van der Waals surface area contributed by atoms with Gasteiger partial charge < -0.3 is 20.7 Å². The molecule has 3 aromatic carbocycles. The molecule has 3 N–H and O–H groups in total. The largest absolute Gasteiger partial charge is 0.456 e. The Hall–Kier alpha value is -3.19. The Morgan fingerprint density at radius 1 is 0.923 bits per heavy atom. The molecule has 0 aromatic heterocycles. The molecule has 0 aliphatic rings. The molecule has 0 aliphatic carbocycles. The molecule has 1 amide bonds. The minimum absolute atomic E-state index is 0.0723. The van der Waals surface area contributed by atoms with Gasteiger partial charge in [0.1, 0.15) is 6.10 Å². The maximum absolute atomic E-state index is 13.4. The number of hydrogen-bond donors (Lipinski definition) is 2. The molecule has 6 nitrogen and oxygen atoms in total. The van der Waals surface area contributed by atoms with Crippen LogP contribution in [0.15, 0.2) is 72.8 Å². The van der Waals surface area contributed by atoms with Crippen LogP contribution in [0.1, 0.15) is 64.1 Å². The monoisotopic (exact) mass is 549 g/mol. The average Bonchev–Trinajstić information content (AvgIpc) is 2.93. The molecule has 0 heterocycles. The number of halogens is 1. The number of ether oxygens (including phenoxy) is 1. The molecule has 0 bridgehead atoms. The second-order valence-electron chi connectivity index (χ2n) is 9.93. The summed E-state index contributed by atoms with van der Waals surface area (Å²) >= 11 is 6.04. The molecule has 7 heteroatoms. The zero-order valence-corrected chi connectivity index (χ0v) is 23.9. The summed E-state index contributed by atoms with van der Waals surface area (Å²) in [4.78, 5) is 28.4. The van der Waals surface area contributed by atoms with Crippen LogP contribution in [-0.4, -0.2) is 48.6 Å². The first kappa shape index (κ1) is 30.4. The lowest BCUT2D eigenvalue weighted by Crippen LogP contribution is -2.46. The second-order valence-corrected chi connectivity index (χ2v) is 10.4. The fourth-order valence-electron chi connectivity index (χ4n) is 4.53. The smallest absolute Gasteiger partial charge is 0.338 e. The summed E-state index contributed by atoms with van der Waals surface area (Å²) in [6.07, 6.45) is 1.67. The van der Waals surface area contributed by atoms with E-state index in [0.29, 0.717) is 48.7 Å². The molecule has 2 atom stereocenters. The van der Waals surface area contributed by atoms with E-state index in [-0.39, 0.29) is 5.91 Å². The summed E-state index contributed by atoms with van der Waals surface area (Å²) in [5.74, 6) is -0.569. The van der Waals surface area contributed by atoms with Gasteiger partial charge in [0.2, 0.25) is 0 Å². The van der Waals surface area contributed by atoms with Crippen molar-refractivity contribution in [1.82, 2.24) is 10.2 Å². The summed E-state index contributed by atoms with van der Waals surface area (Å²) in [6.45, 7) is 8.33. The van der Waals surface area contributed by atoms with Crippen molar-refractivity contribution in [2.45, 2.75) is 58.7 Å². The van der Waals surface area contributed by atoms with Gasteiger partial charge in [0.15, 0.2) is 0 Å². The van der Waals surface area contributed by atoms with Crippen molar-refractivity contribution in [3.63, 3.8) is 0 Å². The molecule has 0 saturated carbocycles. The van der Waals surface area contributed by atoms with Crippen molar-refractivity contribution in [2.24, 2.45) is 5.73 Å². The van der Waals surface area contributed by atoms with Crippen LogP contribution >= 0.6 is 11.6 Å². The summed E-state index contributed by atoms with van der Waals surface area (Å²) in [7, 11) is 0. The third kappa shape index (κ3) is 9.50. The van der Waals surface area contributed by atoms with E-state index < -0.39 is 18.1 Å². The van der Waals surface area contributed by atoms with Crippen molar-refractivity contribution in [1.29, 1.82) is 0 Å². The lowest BCUT2D eigenvalue weighted by atomic mass is 10.0. The second kappa shape index (κ2) is 15.4. The van der Waals surface area contributed by atoms with E-state index in [1.807, 2.05) is 86.3 Å². The van der Waals surface area contributed by atoms with Crippen LogP contribution in [0, 0.1) is 6.92 Å². The van der Waals surface area contributed by atoms with Gasteiger partial charge in [-0.05, 0) is 73.2 Å². The van der Waals surface area contributed by atoms with E-state index in [4.69, 9.17) is 22.1 Å². The zero-order valence-electron chi connectivity index (χ0n) is 23.2. The Balaban J connectivity index is 1.77. The molecule has 39 heavy (non-hydrogen) atoms. The van der Waals surface area contributed by atoms with Crippen LogP contribution in [0.3, 0.4) is 0 Å². The van der Waals surface area contributed by atoms with Gasteiger partial charge in [0, 0.05) is 42.8 Å². The van der Waals surface area contributed by atoms with Crippen molar-refractivity contribution in [3.8, 4) is 0 Å². The standard InChI is InChI=1S/C32H40ClN3O3/c1-4-15-36(16-5-2)31(37)26-17-23(3)18-27(20-26)32(38)39-30(22-35-21-25-9-7-6-8-10-25)29(34)19-24-11-13-28(33)14-12-24/h6-14,17-18,20,29-30,35H,4-5,15-16,19,21-22,34H2,1-3H3. The minimum atomic E-state index is -0.590. The molecular formula is C32H40ClN3O3. The van der Waals surface area contributed by atoms with Crippen LogP contribution in [0.5, 0.6) is 0 Å². The molecule has 3 rings (SSSR count). The van der Waals surface area contributed by atoms with E-state index in [2.05, 4.69) is 5.32 Å². The molecule has 3 aromatic rings. The number of aryl methyl sites for hydroxylation is 1. The molecular weight excluding hydrogens is 510 g/mol. The number of esters is 1. The zero-order chi connectivity index (χ0) is 28.2. The van der Waals surface area contributed by atoms with Gasteiger partial charge in [-0.15, -0.1) is 0 Å². The first-order valence-corrected chi connectivity index (χ1v) is 14.0. The number of nitrogens with one attached hydrogen (secondary N) is 1. The summed E-state index contributed by atoms with van der Waals surface area (Å²) in [5.41, 5.74) is 10.4. The first-order valence-electron chi connectivity index (χ1n) is 13.7. The van der Waals surface area contributed by atoms with Crippen LogP contribution < -0.4 is 11.1 Å². The molecule has 0 radical (unpaired) electrons. The Morgan fingerprint density at radius 3 is 2.21 bits per heavy atom. The minimum Gasteiger partial charge on any atom is -0.456 e. The Kier molecular flexibility index (Phi) is 12.0. The highest BCUT2D eigenvalue weighted by atomic mass is 35.5. The van der Waals surface area contributed by atoms with Crippen LogP contribution in [0.4, 0.5) is 0 Å². The van der Waals surface area contributed by atoms with E-state index in [9.17, 15) is 9.59 Å². The molecule has 208 valence electrons. The Morgan fingerprint density at radius 2 is 1.56 bits per heavy atom. The van der Waals surface area contributed by atoms with Gasteiger partial charge in [-0.1, -0.05) is 67.9 Å². The van der Waals surface area contributed by atoms with Crippen LogP contribution in [0.25, 0.3) is 0 Å². The number of amides is 1. The van der Waals surface area contributed by atoms with Crippen LogP contribution in [0.2, 0.25) is 5.02 Å². The maximum Gasteiger partial charge on any atom is 0.338 e. The first-order chi connectivity index (χ1) is 18.8. The van der Waals surface area contributed by atoms with Gasteiger partial charge in [-0.3, -0.25) is 4.79 Å². The Bertz CT molecular complexity index is 1200. The predicted molar refractivity (Wildman–Crippen MR) is 158 cm³/mol. The van der Waals surface area contributed by atoms with Crippen molar-refractivity contribution in [3.05, 3.63) is 106 Å². The van der Waals surface area contributed by atoms with Gasteiger partial charge in [0.25, 0.3) is 5.91 Å². The van der Waals surface area contributed by atoms with Gasteiger partial charge in [0.05, 0.1) is 5.56 Å². The van der Waals surface area contributed by atoms with Crippen molar-refractivity contribution < 1.29 is 14.3 Å². The van der Waals surface area contributed by atoms with E-state index in [0.717, 1.165) is 29.5 Å². The lowest BCUT2D eigenvalue weighted by molar-refractivity contribution is 0.0238. The highest BCUT2D eigenvalue weighted by Crippen LogP contribution is 2.17. The molecule has 0 spiro atoms. The summed E-state index contributed by atoms with van der Waals surface area (Å²) in [6, 6.07) is 22.3. The van der Waals surface area contributed by atoms with Gasteiger partial charge in [-0.25, -0.2) is 4.79 Å². The molecule has 0 saturated heterocycles. The van der Waals surface area contributed by atoms with E-state index >= 15 is 0 Å². The highest BCUT2D eigenvalue weighted by Gasteiger charge is 2.25. The highest BCUT2D eigenvalue weighted by molar-refractivity contribution is 6.30. The van der Waals surface area contributed by atoms with E-state index in [1.165, 1.54) is 0 Å². The number of carbonyl (C=O) groups is 2. The van der Waals surface area contributed by atoms with Crippen LogP contribution in [-0.2, 0) is 17.7 Å². The number of nitrogens with two attached hydrogens (primary N) is 1. The van der Waals surface area contributed by atoms with Crippen molar-refractivity contribution in [2.75, 3.05) is 19.6 Å². The molecule has 0 fully saturated rings. The third-order valence-corrected chi connectivity index (χ3v) is 6.72. The SMILES string of the molecule is CCCN(CCC)C(=O)c1cc(C)cc(C(=O)OC(CNCc2ccccc2)C(N)Cc2ccc(Cl)cc2)c1. The summed E-state index contributed by atoms with van der Waals surface area (Å²) < 4.78 is 6.00. The number of benzene rings is 3. The number of hydrogen-bond acceptors (Lipinski definition) is 5. The van der Waals surface area contributed by atoms with Gasteiger partial charge in [-0.2, -0.15) is 0 Å².